The predicted molar refractivity (Wildman–Crippen MR) is 88.2 cm³/mol. The van der Waals surface area contributed by atoms with Gasteiger partial charge in [0.05, 0.1) is 5.71 Å². The highest BCUT2D eigenvalue weighted by molar-refractivity contribution is 9.10. The Bertz CT molecular complexity index is 454. The molecule has 1 aromatic carbocycles. The van der Waals surface area contributed by atoms with Gasteiger partial charge in [0.15, 0.2) is 0 Å². The van der Waals surface area contributed by atoms with Crippen LogP contribution in [0.5, 0.6) is 0 Å². The second kappa shape index (κ2) is 6.91. The maximum absolute atomic E-state index is 12.0. The molecule has 0 aliphatic carbocycles. The molecule has 0 spiro atoms. The van der Waals surface area contributed by atoms with Crippen molar-refractivity contribution in [3.63, 3.8) is 0 Å². The summed E-state index contributed by atoms with van der Waals surface area (Å²) in [5.74, 6) is 0.373. The first-order chi connectivity index (χ1) is 8.70. The van der Waals surface area contributed by atoms with E-state index in [0.717, 1.165) is 16.6 Å². The number of hydrogen-bond donors (Lipinski definition) is 0. The van der Waals surface area contributed by atoms with Gasteiger partial charge in [0.25, 0.3) is 0 Å². The quantitative estimate of drug-likeness (QED) is 0.567. The average Bonchev–Trinajstić information content (AvgIpc) is 2.27. The standard InChI is InChI=1S/C15H22BrNOS/c1-11(13-7-6-8-14(16)10-13)9-12(2)17-19(18)15(3,4)5/h6-8,10-11H,9H2,1-5H3. The van der Waals surface area contributed by atoms with Gasteiger partial charge in [-0.25, -0.2) is 0 Å². The van der Waals surface area contributed by atoms with Crippen LogP contribution >= 0.6 is 15.9 Å². The normalized spacial score (nSPS) is 16.3. The van der Waals surface area contributed by atoms with Gasteiger partial charge in [-0.05, 0) is 57.7 Å². The van der Waals surface area contributed by atoms with Gasteiger partial charge in [-0.2, -0.15) is 0 Å². The van der Waals surface area contributed by atoms with E-state index in [4.69, 9.17) is 0 Å². The molecule has 0 aromatic heterocycles. The Kier molecular flexibility index (Phi) is 6.09. The van der Waals surface area contributed by atoms with E-state index in [1.807, 2.05) is 39.8 Å². The van der Waals surface area contributed by atoms with Gasteiger partial charge in [0.2, 0.25) is 0 Å². The van der Waals surface area contributed by atoms with Gasteiger partial charge in [-0.15, -0.1) is 0 Å². The van der Waals surface area contributed by atoms with Crippen molar-refractivity contribution in [3.05, 3.63) is 34.3 Å². The molecule has 0 aliphatic rings. The third kappa shape index (κ3) is 5.67. The first-order valence-electron chi connectivity index (χ1n) is 6.42. The van der Waals surface area contributed by atoms with Gasteiger partial charge in [0.1, 0.15) is 16.1 Å². The van der Waals surface area contributed by atoms with Gasteiger partial charge in [-0.3, -0.25) is 0 Å². The zero-order valence-corrected chi connectivity index (χ0v) is 14.6. The maximum atomic E-state index is 12.0. The Labute approximate surface area is 128 Å². The Morgan fingerprint density at radius 3 is 2.58 bits per heavy atom. The fraction of sp³-hybridized carbons (Fsp3) is 0.533. The SMILES string of the molecule is CC(CC(C)c1cccc(Br)c1)=N[S+]([O-])C(C)(C)C. The molecule has 106 valence electrons. The number of halogens is 1. The van der Waals surface area contributed by atoms with Gasteiger partial charge < -0.3 is 4.55 Å². The van der Waals surface area contributed by atoms with E-state index in [-0.39, 0.29) is 4.75 Å². The van der Waals surface area contributed by atoms with Crippen molar-refractivity contribution in [2.45, 2.75) is 51.7 Å². The first-order valence-corrected chi connectivity index (χ1v) is 8.31. The molecule has 19 heavy (non-hydrogen) atoms. The zero-order valence-electron chi connectivity index (χ0n) is 12.2. The van der Waals surface area contributed by atoms with Crippen molar-refractivity contribution < 1.29 is 4.55 Å². The van der Waals surface area contributed by atoms with Crippen molar-refractivity contribution in [3.8, 4) is 0 Å². The Morgan fingerprint density at radius 2 is 2.05 bits per heavy atom. The van der Waals surface area contributed by atoms with Crippen molar-refractivity contribution in [1.29, 1.82) is 0 Å². The number of hydrogen-bond acceptors (Lipinski definition) is 2. The minimum absolute atomic E-state index is 0.291. The minimum Gasteiger partial charge on any atom is -0.591 e. The van der Waals surface area contributed by atoms with Crippen LogP contribution in [0.2, 0.25) is 0 Å². The molecule has 0 amide bonds. The number of nitrogens with zero attached hydrogens (tertiary/aromatic N) is 1. The highest BCUT2D eigenvalue weighted by Gasteiger charge is 2.26. The van der Waals surface area contributed by atoms with Crippen molar-refractivity contribution in [2.24, 2.45) is 4.40 Å². The van der Waals surface area contributed by atoms with E-state index in [9.17, 15) is 4.55 Å². The molecule has 4 heteroatoms. The van der Waals surface area contributed by atoms with Gasteiger partial charge in [0, 0.05) is 4.47 Å². The lowest BCUT2D eigenvalue weighted by Gasteiger charge is -2.19. The summed E-state index contributed by atoms with van der Waals surface area (Å²) in [7, 11) is 0. The summed E-state index contributed by atoms with van der Waals surface area (Å²) in [6.45, 7) is 9.95. The van der Waals surface area contributed by atoms with Gasteiger partial charge in [-0.1, -0.05) is 39.4 Å². The second-order valence-electron chi connectivity index (χ2n) is 5.85. The zero-order chi connectivity index (χ0) is 14.6. The molecule has 0 N–H and O–H groups in total. The fourth-order valence-corrected chi connectivity index (χ4v) is 2.74. The van der Waals surface area contributed by atoms with Crippen LogP contribution in [-0.4, -0.2) is 15.0 Å². The van der Waals surface area contributed by atoms with Gasteiger partial charge >= 0.3 is 0 Å². The molecule has 0 fully saturated rings. The van der Waals surface area contributed by atoms with Crippen LogP contribution in [0.15, 0.2) is 33.1 Å². The summed E-state index contributed by atoms with van der Waals surface area (Å²) in [4.78, 5) is 0. The van der Waals surface area contributed by atoms with Crippen molar-refractivity contribution in [1.82, 2.24) is 0 Å². The second-order valence-corrected chi connectivity index (χ2v) is 8.67. The van der Waals surface area contributed by atoms with Crippen LogP contribution in [0.25, 0.3) is 0 Å². The molecular weight excluding hydrogens is 322 g/mol. The third-order valence-electron chi connectivity index (χ3n) is 2.78. The van der Waals surface area contributed by atoms with E-state index >= 15 is 0 Å². The summed E-state index contributed by atoms with van der Waals surface area (Å²) in [6, 6.07) is 8.30. The fourth-order valence-electron chi connectivity index (χ4n) is 1.69. The molecular formula is C15H22BrNOS. The van der Waals surface area contributed by atoms with E-state index in [0.29, 0.717) is 5.92 Å². The predicted octanol–water partition coefficient (Wildman–Crippen LogP) is 4.87. The maximum Gasteiger partial charge on any atom is 0.144 e. The summed E-state index contributed by atoms with van der Waals surface area (Å²) in [6.07, 6.45) is 0.832. The van der Waals surface area contributed by atoms with Crippen LogP contribution in [0.3, 0.4) is 0 Å². The van der Waals surface area contributed by atoms with Crippen molar-refractivity contribution >= 4 is 33.0 Å². The third-order valence-corrected chi connectivity index (χ3v) is 4.80. The largest absolute Gasteiger partial charge is 0.591 e. The smallest absolute Gasteiger partial charge is 0.144 e. The molecule has 2 nitrogen and oxygen atoms in total. The summed E-state index contributed by atoms with van der Waals surface area (Å²) in [5.41, 5.74) is 2.21. The summed E-state index contributed by atoms with van der Waals surface area (Å²) in [5, 5.41) is 0. The molecule has 0 saturated carbocycles. The van der Waals surface area contributed by atoms with E-state index in [1.54, 1.807) is 0 Å². The highest BCUT2D eigenvalue weighted by Crippen LogP contribution is 2.24. The lowest BCUT2D eigenvalue weighted by atomic mass is 9.96. The molecule has 0 aliphatic heterocycles. The van der Waals surface area contributed by atoms with E-state index < -0.39 is 11.4 Å². The Balaban J connectivity index is 2.71. The highest BCUT2D eigenvalue weighted by atomic mass is 79.9. The molecule has 0 radical (unpaired) electrons. The average molecular weight is 344 g/mol. The van der Waals surface area contributed by atoms with Crippen LogP contribution in [-0.2, 0) is 11.4 Å². The molecule has 1 aromatic rings. The topological polar surface area (TPSA) is 35.4 Å². The molecule has 0 bridgehead atoms. The molecule has 2 atom stereocenters. The van der Waals surface area contributed by atoms with E-state index in [2.05, 4.69) is 39.4 Å². The lowest BCUT2D eigenvalue weighted by molar-refractivity contribution is 0.561. The number of rotatable bonds is 4. The van der Waals surface area contributed by atoms with Crippen LogP contribution in [0, 0.1) is 0 Å². The monoisotopic (exact) mass is 343 g/mol. The molecule has 0 heterocycles. The van der Waals surface area contributed by atoms with Crippen molar-refractivity contribution in [2.75, 3.05) is 0 Å². The molecule has 2 unspecified atom stereocenters. The summed E-state index contributed by atoms with van der Waals surface area (Å²) >= 11 is 2.32. The lowest BCUT2D eigenvalue weighted by Crippen LogP contribution is -2.26. The number of benzene rings is 1. The van der Waals surface area contributed by atoms with Crippen LogP contribution < -0.4 is 0 Å². The van der Waals surface area contributed by atoms with Crippen LogP contribution in [0.4, 0.5) is 0 Å². The Morgan fingerprint density at radius 1 is 1.42 bits per heavy atom. The molecule has 1 rings (SSSR count). The van der Waals surface area contributed by atoms with E-state index in [1.165, 1.54) is 5.56 Å². The minimum atomic E-state index is -1.17. The molecule has 0 saturated heterocycles. The van der Waals surface area contributed by atoms with Crippen LogP contribution in [0.1, 0.15) is 52.5 Å². The summed E-state index contributed by atoms with van der Waals surface area (Å²) < 4.78 is 17.1. The Hall–Kier alpha value is -0.320. The first kappa shape index (κ1) is 16.7.